The Bertz CT molecular complexity index is 190. The molecule has 1 nitrogen and oxygen atoms in total. The Hall–Kier alpha value is -0.300. The maximum atomic E-state index is 10.1. The molecular weight excluding hydrogens is 196 g/mol. The van der Waals surface area contributed by atoms with E-state index in [4.69, 9.17) is 0 Å². The standard InChI is InChI=1S/C15H28O/c1-4-5-6-7-15(16)14-10-8-13(9-11-14)12(2)3/h4,12-16H,1,5-11H2,2-3H3. The Morgan fingerprint density at radius 1 is 1.19 bits per heavy atom. The lowest BCUT2D eigenvalue weighted by Gasteiger charge is -2.33. The Kier molecular flexibility index (Phi) is 6.12. The van der Waals surface area contributed by atoms with Crippen molar-refractivity contribution in [2.75, 3.05) is 0 Å². The molecule has 1 unspecified atom stereocenters. The minimum absolute atomic E-state index is 0.0620. The molecule has 0 spiro atoms. The van der Waals surface area contributed by atoms with Gasteiger partial charge in [0.05, 0.1) is 6.10 Å². The highest BCUT2D eigenvalue weighted by molar-refractivity contribution is 4.79. The molecule has 0 heterocycles. The van der Waals surface area contributed by atoms with Gasteiger partial charge in [0, 0.05) is 0 Å². The molecular formula is C15H28O. The summed E-state index contributed by atoms with van der Waals surface area (Å²) in [6.45, 7) is 8.37. The van der Waals surface area contributed by atoms with Gasteiger partial charge >= 0.3 is 0 Å². The third-order valence-corrected chi connectivity index (χ3v) is 4.21. The Morgan fingerprint density at radius 2 is 1.75 bits per heavy atom. The van der Waals surface area contributed by atoms with Gasteiger partial charge in [-0.05, 0) is 62.7 Å². The summed E-state index contributed by atoms with van der Waals surface area (Å²) in [5.41, 5.74) is 0. The first-order valence-corrected chi connectivity index (χ1v) is 6.94. The number of hydrogen-bond donors (Lipinski definition) is 1. The van der Waals surface area contributed by atoms with Crippen molar-refractivity contribution in [3.8, 4) is 0 Å². The summed E-state index contributed by atoms with van der Waals surface area (Å²) in [5.74, 6) is 2.29. The number of aliphatic hydroxyl groups excluding tert-OH is 1. The molecule has 1 atom stereocenters. The molecule has 0 aromatic heterocycles. The predicted molar refractivity (Wildman–Crippen MR) is 70.3 cm³/mol. The summed E-state index contributed by atoms with van der Waals surface area (Å²) in [6, 6.07) is 0. The molecule has 0 amide bonds. The van der Waals surface area contributed by atoms with Gasteiger partial charge in [0.25, 0.3) is 0 Å². The quantitative estimate of drug-likeness (QED) is 0.530. The molecule has 1 aliphatic rings. The van der Waals surface area contributed by atoms with Crippen LogP contribution < -0.4 is 0 Å². The Labute approximate surface area is 101 Å². The van der Waals surface area contributed by atoms with Crippen molar-refractivity contribution in [2.24, 2.45) is 17.8 Å². The second kappa shape index (κ2) is 7.11. The van der Waals surface area contributed by atoms with E-state index < -0.39 is 0 Å². The Morgan fingerprint density at radius 3 is 2.25 bits per heavy atom. The molecule has 1 aliphatic carbocycles. The summed E-state index contributed by atoms with van der Waals surface area (Å²) in [5, 5.41) is 10.1. The van der Waals surface area contributed by atoms with Gasteiger partial charge < -0.3 is 5.11 Å². The first-order valence-electron chi connectivity index (χ1n) is 6.94. The lowest BCUT2D eigenvalue weighted by molar-refractivity contribution is 0.0595. The van der Waals surface area contributed by atoms with Gasteiger partial charge in [0.1, 0.15) is 0 Å². The molecule has 0 saturated heterocycles. The van der Waals surface area contributed by atoms with Crippen LogP contribution in [0, 0.1) is 17.8 Å². The van der Waals surface area contributed by atoms with Gasteiger partial charge in [-0.25, -0.2) is 0 Å². The zero-order valence-corrected chi connectivity index (χ0v) is 11.0. The third-order valence-electron chi connectivity index (χ3n) is 4.21. The highest BCUT2D eigenvalue weighted by Gasteiger charge is 2.27. The molecule has 0 aromatic carbocycles. The van der Waals surface area contributed by atoms with Gasteiger partial charge in [-0.1, -0.05) is 19.9 Å². The topological polar surface area (TPSA) is 20.2 Å². The summed E-state index contributed by atoms with van der Waals surface area (Å²) in [6.07, 6.45) is 10.1. The van der Waals surface area contributed by atoms with E-state index in [1.165, 1.54) is 25.7 Å². The van der Waals surface area contributed by atoms with Crippen LogP contribution in [0.4, 0.5) is 0 Å². The molecule has 0 aromatic rings. The first kappa shape index (κ1) is 13.8. The molecule has 94 valence electrons. The van der Waals surface area contributed by atoms with Crippen LogP contribution >= 0.6 is 0 Å². The van der Waals surface area contributed by atoms with Crippen LogP contribution in [-0.4, -0.2) is 11.2 Å². The van der Waals surface area contributed by atoms with E-state index in [9.17, 15) is 5.11 Å². The van der Waals surface area contributed by atoms with Crippen LogP contribution in [0.1, 0.15) is 58.8 Å². The van der Waals surface area contributed by atoms with Crippen molar-refractivity contribution >= 4 is 0 Å². The Balaban J connectivity index is 2.22. The highest BCUT2D eigenvalue weighted by Crippen LogP contribution is 2.35. The van der Waals surface area contributed by atoms with E-state index in [1.807, 2.05) is 6.08 Å². The molecule has 1 saturated carbocycles. The van der Waals surface area contributed by atoms with Crippen molar-refractivity contribution in [1.82, 2.24) is 0 Å². The van der Waals surface area contributed by atoms with E-state index in [0.29, 0.717) is 5.92 Å². The molecule has 0 bridgehead atoms. The fourth-order valence-electron chi connectivity index (χ4n) is 2.90. The summed E-state index contributed by atoms with van der Waals surface area (Å²) >= 11 is 0. The van der Waals surface area contributed by atoms with Crippen molar-refractivity contribution in [2.45, 2.75) is 64.9 Å². The molecule has 1 fully saturated rings. The van der Waals surface area contributed by atoms with Crippen molar-refractivity contribution in [3.63, 3.8) is 0 Å². The number of aliphatic hydroxyl groups is 1. The lowest BCUT2D eigenvalue weighted by atomic mass is 9.74. The fraction of sp³-hybridized carbons (Fsp3) is 0.867. The van der Waals surface area contributed by atoms with E-state index >= 15 is 0 Å². The van der Waals surface area contributed by atoms with Crippen LogP contribution in [0.5, 0.6) is 0 Å². The van der Waals surface area contributed by atoms with E-state index in [0.717, 1.165) is 31.1 Å². The second-order valence-electron chi connectivity index (χ2n) is 5.71. The maximum Gasteiger partial charge on any atom is 0.0568 e. The smallest absolute Gasteiger partial charge is 0.0568 e. The molecule has 0 aliphatic heterocycles. The van der Waals surface area contributed by atoms with Crippen LogP contribution in [0.2, 0.25) is 0 Å². The minimum atomic E-state index is -0.0620. The number of unbranched alkanes of at least 4 members (excludes halogenated alkanes) is 1. The SMILES string of the molecule is C=CCCCC(O)C1CCC(C(C)C)CC1. The predicted octanol–water partition coefficient (Wildman–Crippen LogP) is 4.17. The highest BCUT2D eigenvalue weighted by atomic mass is 16.3. The van der Waals surface area contributed by atoms with Crippen LogP contribution in [0.15, 0.2) is 12.7 Å². The molecule has 1 heteroatoms. The zero-order chi connectivity index (χ0) is 12.0. The van der Waals surface area contributed by atoms with Gasteiger partial charge in [-0.2, -0.15) is 0 Å². The maximum absolute atomic E-state index is 10.1. The zero-order valence-electron chi connectivity index (χ0n) is 11.0. The van der Waals surface area contributed by atoms with Crippen LogP contribution in [-0.2, 0) is 0 Å². The van der Waals surface area contributed by atoms with Gasteiger partial charge in [0.15, 0.2) is 0 Å². The summed E-state index contributed by atoms with van der Waals surface area (Å²) in [7, 11) is 0. The molecule has 1 rings (SSSR count). The normalized spacial score (nSPS) is 28.0. The second-order valence-corrected chi connectivity index (χ2v) is 5.71. The van der Waals surface area contributed by atoms with Crippen LogP contribution in [0.3, 0.4) is 0 Å². The van der Waals surface area contributed by atoms with Crippen molar-refractivity contribution in [3.05, 3.63) is 12.7 Å². The van der Waals surface area contributed by atoms with E-state index in [1.54, 1.807) is 0 Å². The molecule has 16 heavy (non-hydrogen) atoms. The number of allylic oxidation sites excluding steroid dienone is 1. The summed E-state index contributed by atoms with van der Waals surface area (Å²) in [4.78, 5) is 0. The van der Waals surface area contributed by atoms with Crippen molar-refractivity contribution in [1.29, 1.82) is 0 Å². The largest absolute Gasteiger partial charge is 0.393 e. The van der Waals surface area contributed by atoms with E-state index in [2.05, 4.69) is 20.4 Å². The van der Waals surface area contributed by atoms with Gasteiger partial charge in [-0.15, -0.1) is 6.58 Å². The van der Waals surface area contributed by atoms with Crippen molar-refractivity contribution < 1.29 is 5.11 Å². The number of rotatable bonds is 6. The molecule has 1 N–H and O–H groups in total. The van der Waals surface area contributed by atoms with Gasteiger partial charge in [-0.3, -0.25) is 0 Å². The van der Waals surface area contributed by atoms with Gasteiger partial charge in [0.2, 0.25) is 0 Å². The third kappa shape index (κ3) is 4.29. The molecule has 0 radical (unpaired) electrons. The average Bonchev–Trinajstić information content (AvgIpc) is 2.29. The first-order chi connectivity index (χ1) is 7.65. The fourth-order valence-corrected chi connectivity index (χ4v) is 2.90. The summed E-state index contributed by atoms with van der Waals surface area (Å²) < 4.78 is 0. The lowest BCUT2D eigenvalue weighted by Crippen LogP contribution is -2.27. The van der Waals surface area contributed by atoms with E-state index in [-0.39, 0.29) is 6.10 Å². The minimum Gasteiger partial charge on any atom is -0.393 e. The monoisotopic (exact) mass is 224 g/mol. The van der Waals surface area contributed by atoms with Crippen LogP contribution in [0.25, 0.3) is 0 Å². The average molecular weight is 224 g/mol. The number of hydrogen-bond acceptors (Lipinski definition) is 1.